The van der Waals surface area contributed by atoms with E-state index in [0.29, 0.717) is 0 Å². The summed E-state index contributed by atoms with van der Waals surface area (Å²) in [5.41, 5.74) is 8.20. The maximum Gasteiger partial charge on any atom is 0.0894 e. The molecule has 0 saturated carbocycles. The van der Waals surface area contributed by atoms with E-state index in [1.165, 1.54) is 50.5 Å². The molecule has 0 aliphatic rings. The topological polar surface area (TPSA) is 26.0 Å². The zero-order valence-electron chi connectivity index (χ0n) is 11.7. The van der Waals surface area contributed by atoms with Crippen molar-refractivity contribution in [2.24, 2.45) is 5.73 Å². The molecule has 0 aromatic rings. The molecule has 102 valence electrons. The summed E-state index contributed by atoms with van der Waals surface area (Å²) in [6, 6.07) is 0. The fourth-order valence-corrected chi connectivity index (χ4v) is 1.90. The zero-order valence-corrected chi connectivity index (χ0v) is 11.7. The van der Waals surface area contributed by atoms with Crippen LogP contribution in [0.1, 0.15) is 78.1 Å². The molecule has 2 heteroatoms. The summed E-state index contributed by atoms with van der Waals surface area (Å²) < 4.78 is 11.8. The molecular weight excluding hydrogens is 213 g/mol. The van der Waals surface area contributed by atoms with E-state index >= 15 is 0 Å². The van der Waals surface area contributed by atoms with Gasteiger partial charge in [-0.1, -0.05) is 50.5 Å². The van der Waals surface area contributed by atoms with Crippen molar-refractivity contribution in [1.82, 2.24) is 0 Å². The van der Waals surface area contributed by atoms with Crippen molar-refractivity contribution < 1.29 is 4.39 Å². The molecule has 0 aromatic carbocycles. The first kappa shape index (κ1) is 16.5. The molecule has 0 spiro atoms. The maximum atomic E-state index is 11.8. The van der Waals surface area contributed by atoms with E-state index in [-0.39, 0.29) is 6.67 Å². The van der Waals surface area contributed by atoms with Crippen molar-refractivity contribution in [2.75, 3.05) is 6.67 Å². The largest absolute Gasteiger partial charge is 0.402 e. The SMILES string of the molecule is CC(C)=C(N)CCCCCCCCCCCF. The van der Waals surface area contributed by atoms with Crippen molar-refractivity contribution in [1.29, 1.82) is 0 Å². The van der Waals surface area contributed by atoms with Crippen LogP contribution in [0.2, 0.25) is 0 Å². The molecule has 0 aromatic heterocycles. The van der Waals surface area contributed by atoms with Crippen LogP contribution < -0.4 is 5.73 Å². The summed E-state index contributed by atoms with van der Waals surface area (Å²) in [5, 5.41) is 0. The van der Waals surface area contributed by atoms with Gasteiger partial charge in [-0.2, -0.15) is 0 Å². The minimum Gasteiger partial charge on any atom is -0.402 e. The van der Waals surface area contributed by atoms with Gasteiger partial charge in [0.2, 0.25) is 0 Å². The normalized spacial score (nSPS) is 10.5. The number of unbranched alkanes of at least 4 members (excludes halogenated alkanes) is 8. The Morgan fingerprint density at radius 2 is 1.18 bits per heavy atom. The van der Waals surface area contributed by atoms with E-state index in [4.69, 9.17) is 5.73 Å². The average molecular weight is 243 g/mol. The van der Waals surface area contributed by atoms with Gasteiger partial charge in [-0.25, -0.2) is 0 Å². The molecule has 0 fully saturated rings. The first-order chi connectivity index (χ1) is 8.18. The first-order valence-corrected chi connectivity index (χ1v) is 7.16. The van der Waals surface area contributed by atoms with E-state index in [1.54, 1.807) is 0 Å². The fourth-order valence-electron chi connectivity index (χ4n) is 1.90. The molecule has 0 radical (unpaired) electrons. The molecule has 0 aliphatic heterocycles. The first-order valence-electron chi connectivity index (χ1n) is 7.16. The Morgan fingerprint density at radius 3 is 1.59 bits per heavy atom. The van der Waals surface area contributed by atoms with Crippen LogP contribution in [0.15, 0.2) is 11.3 Å². The Morgan fingerprint density at radius 1 is 0.765 bits per heavy atom. The lowest BCUT2D eigenvalue weighted by Crippen LogP contribution is -1.99. The van der Waals surface area contributed by atoms with Crippen molar-refractivity contribution in [3.05, 3.63) is 11.3 Å². The molecular formula is C15H30FN. The summed E-state index contributed by atoms with van der Waals surface area (Å²) in [6.45, 7) is 4.01. The molecule has 17 heavy (non-hydrogen) atoms. The quantitative estimate of drug-likeness (QED) is 0.501. The van der Waals surface area contributed by atoms with Crippen molar-refractivity contribution in [3.8, 4) is 0 Å². The molecule has 0 rings (SSSR count). The zero-order chi connectivity index (χ0) is 12.9. The Balaban J connectivity index is 3.11. The Labute approximate surface area is 107 Å². The number of hydrogen-bond donors (Lipinski definition) is 1. The van der Waals surface area contributed by atoms with E-state index in [2.05, 4.69) is 13.8 Å². The maximum absolute atomic E-state index is 11.8. The highest BCUT2D eigenvalue weighted by Crippen LogP contribution is 2.12. The van der Waals surface area contributed by atoms with Crippen molar-refractivity contribution >= 4 is 0 Å². The second kappa shape index (κ2) is 11.9. The van der Waals surface area contributed by atoms with E-state index in [9.17, 15) is 4.39 Å². The lowest BCUT2D eigenvalue weighted by atomic mass is 10.0. The molecule has 0 amide bonds. The third kappa shape index (κ3) is 11.7. The molecule has 1 nitrogen and oxygen atoms in total. The number of alkyl halides is 1. The summed E-state index contributed by atoms with van der Waals surface area (Å²) in [6.07, 6.45) is 11.8. The molecule has 0 unspecified atom stereocenters. The predicted molar refractivity (Wildman–Crippen MR) is 74.7 cm³/mol. The van der Waals surface area contributed by atoms with Crippen LogP contribution in [-0.2, 0) is 0 Å². The summed E-state index contributed by atoms with van der Waals surface area (Å²) >= 11 is 0. The monoisotopic (exact) mass is 243 g/mol. The van der Waals surface area contributed by atoms with Crippen LogP contribution >= 0.6 is 0 Å². The number of halogens is 1. The van der Waals surface area contributed by atoms with Crippen LogP contribution in [0.3, 0.4) is 0 Å². The van der Waals surface area contributed by atoms with Crippen LogP contribution in [0.5, 0.6) is 0 Å². The van der Waals surface area contributed by atoms with Crippen LogP contribution in [-0.4, -0.2) is 6.67 Å². The highest BCUT2D eigenvalue weighted by molar-refractivity contribution is 5.04. The Kier molecular flexibility index (Phi) is 11.6. The van der Waals surface area contributed by atoms with Crippen molar-refractivity contribution in [2.45, 2.75) is 78.1 Å². The van der Waals surface area contributed by atoms with Crippen molar-refractivity contribution in [3.63, 3.8) is 0 Å². The number of hydrogen-bond acceptors (Lipinski definition) is 1. The molecule has 0 saturated heterocycles. The summed E-state index contributed by atoms with van der Waals surface area (Å²) in [5.74, 6) is 0. The smallest absolute Gasteiger partial charge is 0.0894 e. The molecule has 0 heterocycles. The van der Waals surface area contributed by atoms with E-state index in [0.717, 1.165) is 25.0 Å². The third-order valence-electron chi connectivity index (χ3n) is 3.22. The predicted octanol–water partition coefficient (Wildman–Crippen LogP) is 5.11. The highest BCUT2D eigenvalue weighted by atomic mass is 19.1. The van der Waals surface area contributed by atoms with Crippen LogP contribution in [0.4, 0.5) is 4.39 Å². The van der Waals surface area contributed by atoms with Gasteiger partial charge in [-0.05, 0) is 33.1 Å². The number of nitrogens with two attached hydrogens (primary N) is 1. The van der Waals surface area contributed by atoms with E-state index < -0.39 is 0 Å². The number of allylic oxidation sites excluding steroid dienone is 2. The molecule has 2 N–H and O–H groups in total. The van der Waals surface area contributed by atoms with Gasteiger partial charge in [0.15, 0.2) is 0 Å². The fraction of sp³-hybridized carbons (Fsp3) is 0.867. The second-order valence-electron chi connectivity index (χ2n) is 5.15. The summed E-state index contributed by atoms with van der Waals surface area (Å²) in [7, 11) is 0. The van der Waals surface area contributed by atoms with Gasteiger partial charge in [-0.15, -0.1) is 0 Å². The van der Waals surface area contributed by atoms with Gasteiger partial charge in [0.25, 0.3) is 0 Å². The van der Waals surface area contributed by atoms with Gasteiger partial charge in [0.05, 0.1) is 6.67 Å². The Hall–Kier alpha value is -0.530. The molecule has 0 atom stereocenters. The van der Waals surface area contributed by atoms with Crippen LogP contribution in [0, 0.1) is 0 Å². The highest BCUT2D eigenvalue weighted by Gasteiger charge is 1.95. The van der Waals surface area contributed by atoms with Gasteiger partial charge in [0.1, 0.15) is 0 Å². The minimum absolute atomic E-state index is 0.147. The van der Waals surface area contributed by atoms with Crippen LogP contribution in [0.25, 0.3) is 0 Å². The second-order valence-corrected chi connectivity index (χ2v) is 5.15. The van der Waals surface area contributed by atoms with E-state index in [1.807, 2.05) is 0 Å². The molecule has 0 aliphatic carbocycles. The van der Waals surface area contributed by atoms with Gasteiger partial charge >= 0.3 is 0 Å². The Bertz CT molecular complexity index is 195. The molecule has 0 bridgehead atoms. The lowest BCUT2D eigenvalue weighted by Gasteiger charge is -2.04. The third-order valence-corrected chi connectivity index (χ3v) is 3.22. The standard InChI is InChI=1S/C15H30FN/c1-14(2)15(17)12-10-8-6-4-3-5-7-9-11-13-16/h3-13,17H2,1-2H3. The average Bonchev–Trinajstić information content (AvgIpc) is 2.31. The van der Waals surface area contributed by atoms with Gasteiger partial charge in [-0.3, -0.25) is 4.39 Å². The lowest BCUT2D eigenvalue weighted by molar-refractivity contribution is 0.449. The minimum atomic E-state index is -0.147. The van der Waals surface area contributed by atoms with Gasteiger partial charge in [0, 0.05) is 5.70 Å². The van der Waals surface area contributed by atoms with Gasteiger partial charge < -0.3 is 5.73 Å². The number of rotatable bonds is 11. The summed E-state index contributed by atoms with van der Waals surface area (Å²) in [4.78, 5) is 0.